The number of amides is 1. The van der Waals surface area contributed by atoms with Gasteiger partial charge in [-0.3, -0.25) is 10.1 Å². The maximum atomic E-state index is 12.0. The Morgan fingerprint density at radius 3 is 2.60 bits per heavy atom. The zero-order valence-corrected chi connectivity index (χ0v) is 12.0. The molecule has 0 bridgehead atoms. The number of nitrogens with zero attached hydrogens (tertiary/aromatic N) is 4. The number of hydrogen-bond acceptors (Lipinski definition) is 4. The topological polar surface area (TPSA) is 72.7 Å². The number of nitrogens with one attached hydrogen (secondary N) is 1. The van der Waals surface area contributed by atoms with Crippen LogP contribution in [-0.4, -0.2) is 26.1 Å². The van der Waals surface area contributed by atoms with Crippen molar-refractivity contribution in [3.8, 4) is 0 Å². The van der Waals surface area contributed by atoms with Crippen molar-refractivity contribution < 1.29 is 4.79 Å². The molecule has 0 spiro atoms. The first kappa shape index (κ1) is 14.2. The van der Waals surface area contributed by atoms with E-state index in [-0.39, 0.29) is 11.9 Å². The molecule has 1 amide bonds. The minimum absolute atomic E-state index is 0.226. The second kappa shape index (κ2) is 6.27. The van der Waals surface area contributed by atoms with Gasteiger partial charge < -0.3 is 0 Å². The molecule has 0 radical (unpaired) electrons. The smallest absolute Gasteiger partial charge is 0.270 e. The molecule has 2 aromatic rings. The van der Waals surface area contributed by atoms with Crippen LogP contribution in [0.4, 0.5) is 5.95 Å². The maximum Gasteiger partial charge on any atom is 0.270 e. The molecule has 1 N–H and O–H groups in total. The molecule has 1 aromatic heterocycles. The van der Waals surface area contributed by atoms with E-state index in [9.17, 15) is 4.79 Å². The third-order valence-corrected chi connectivity index (χ3v) is 2.94. The molecule has 2 rings (SSSR count). The van der Waals surface area contributed by atoms with Gasteiger partial charge in [0.05, 0.1) is 6.54 Å². The van der Waals surface area contributed by atoms with Gasteiger partial charge >= 0.3 is 0 Å². The Balaban J connectivity index is 2.03. The lowest BCUT2D eigenvalue weighted by Crippen LogP contribution is -2.13. The third-order valence-electron chi connectivity index (χ3n) is 2.94. The minimum Gasteiger partial charge on any atom is -0.288 e. The van der Waals surface area contributed by atoms with Crippen molar-refractivity contribution in [2.45, 2.75) is 39.7 Å². The summed E-state index contributed by atoms with van der Waals surface area (Å²) in [6.07, 6.45) is 0.917. The zero-order chi connectivity index (χ0) is 14.5. The number of hydrogen-bond donors (Lipinski definition) is 1. The van der Waals surface area contributed by atoms with Crippen LogP contribution in [0.25, 0.3) is 0 Å². The van der Waals surface area contributed by atoms with Crippen LogP contribution in [0.3, 0.4) is 0 Å². The van der Waals surface area contributed by atoms with E-state index in [0.717, 1.165) is 6.42 Å². The predicted octanol–water partition coefficient (Wildman–Crippen LogP) is 2.46. The van der Waals surface area contributed by atoms with Crippen LogP contribution >= 0.6 is 0 Å². The van der Waals surface area contributed by atoms with Gasteiger partial charge in [-0.25, -0.2) is 0 Å². The summed E-state index contributed by atoms with van der Waals surface area (Å²) in [4.78, 5) is 13.5. The lowest BCUT2D eigenvalue weighted by molar-refractivity contribution is 0.102. The van der Waals surface area contributed by atoms with Crippen molar-refractivity contribution >= 4 is 11.9 Å². The first-order chi connectivity index (χ1) is 9.60. The standard InChI is InChI=1S/C14H19N5O/c1-4-9-19-17-14(16-18-19)15-13(20)12-7-5-11(6-8-12)10(2)3/h5-8,10H,4,9H2,1-3H3,(H,15,17,20). The largest absolute Gasteiger partial charge is 0.288 e. The molecular formula is C14H19N5O. The number of carbonyl (C=O) groups is 1. The SMILES string of the molecule is CCCn1nnc(NC(=O)c2ccc(C(C)C)cc2)n1. The first-order valence-electron chi connectivity index (χ1n) is 6.79. The summed E-state index contributed by atoms with van der Waals surface area (Å²) in [6.45, 7) is 6.94. The monoisotopic (exact) mass is 273 g/mol. The Morgan fingerprint density at radius 1 is 1.30 bits per heavy atom. The molecule has 0 aliphatic carbocycles. The molecule has 0 saturated heterocycles. The molecule has 20 heavy (non-hydrogen) atoms. The van der Waals surface area contributed by atoms with Gasteiger partial charge in [0.2, 0.25) is 0 Å². The lowest BCUT2D eigenvalue weighted by Gasteiger charge is -2.06. The summed E-state index contributed by atoms with van der Waals surface area (Å²) in [5.74, 6) is 0.454. The van der Waals surface area contributed by atoms with Crippen LogP contribution in [0.5, 0.6) is 0 Å². The fraction of sp³-hybridized carbons (Fsp3) is 0.429. The van der Waals surface area contributed by atoms with E-state index in [1.807, 2.05) is 19.1 Å². The number of aromatic nitrogens is 4. The highest BCUT2D eigenvalue weighted by molar-refractivity contribution is 6.03. The molecule has 106 valence electrons. The Bertz CT molecular complexity index is 574. The van der Waals surface area contributed by atoms with Gasteiger partial charge in [-0.2, -0.15) is 4.80 Å². The highest BCUT2D eigenvalue weighted by atomic mass is 16.1. The summed E-state index contributed by atoms with van der Waals surface area (Å²) < 4.78 is 0. The average molecular weight is 273 g/mol. The van der Waals surface area contributed by atoms with Gasteiger partial charge in [0.15, 0.2) is 0 Å². The quantitative estimate of drug-likeness (QED) is 0.908. The molecule has 6 heteroatoms. The van der Waals surface area contributed by atoms with E-state index >= 15 is 0 Å². The zero-order valence-electron chi connectivity index (χ0n) is 12.0. The van der Waals surface area contributed by atoms with Gasteiger partial charge in [-0.15, -0.1) is 5.10 Å². The molecule has 0 aliphatic rings. The molecule has 0 fully saturated rings. The Hall–Kier alpha value is -2.24. The Kier molecular flexibility index (Phi) is 4.45. The summed E-state index contributed by atoms with van der Waals surface area (Å²) in [5.41, 5.74) is 1.79. The number of anilines is 1. The van der Waals surface area contributed by atoms with Crippen molar-refractivity contribution in [2.24, 2.45) is 0 Å². The van der Waals surface area contributed by atoms with Crippen molar-refractivity contribution in [3.63, 3.8) is 0 Å². The molecule has 6 nitrogen and oxygen atoms in total. The van der Waals surface area contributed by atoms with Crippen LogP contribution < -0.4 is 5.32 Å². The fourth-order valence-electron chi connectivity index (χ4n) is 1.78. The Labute approximate surface area is 118 Å². The van der Waals surface area contributed by atoms with E-state index in [1.165, 1.54) is 10.4 Å². The molecule has 0 atom stereocenters. The van der Waals surface area contributed by atoms with Gasteiger partial charge in [0.25, 0.3) is 11.9 Å². The maximum absolute atomic E-state index is 12.0. The van der Waals surface area contributed by atoms with E-state index in [1.54, 1.807) is 12.1 Å². The molecule has 1 heterocycles. The number of benzene rings is 1. The molecule has 0 saturated carbocycles. The van der Waals surface area contributed by atoms with Gasteiger partial charge in [-0.1, -0.05) is 38.0 Å². The van der Waals surface area contributed by atoms with E-state index in [2.05, 4.69) is 34.6 Å². The van der Waals surface area contributed by atoms with E-state index < -0.39 is 0 Å². The van der Waals surface area contributed by atoms with Crippen molar-refractivity contribution in [3.05, 3.63) is 35.4 Å². The van der Waals surface area contributed by atoms with Crippen molar-refractivity contribution in [1.82, 2.24) is 20.2 Å². The summed E-state index contributed by atoms with van der Waals surface area (Å²) >= 11 is 0. The first-order valence-corrected chi connectivity index (χ1v) is 6.79. The molecule has 1 aromatic carbocycles. The highest BCUT2D eigenvalue weighted by Gasteiger charge is 2.10. The highest BCUT2D eigenvalue weighted by Crippen LogP contribution is 2.15. The number of rotatable bonds is 5. The lowest BCUT2D eigenvalue weighted by atomic mass is 10.0. The summed E-state index contributed by atoms with van der Waals surface area (Å²) in [7, 11) is 0. The molecule has 0 aliphatic heterocycles. The van der Waals surface area contributed by atoms with Crippen LogP contribution in [0, 0.1) is 0 Å². The fourth-order valence-corrected chi connectivity index (χ4v) is 1.78. The van der Waals surface area contributed by atoms with Crippen molar-refractivity contribution in [2.75, 3.05) is 5.32 Å². The normalized spacial score (nSPS) is 10.8. The predicted molar refractivity (Wildman–Crippen MR) is 76.6 cm³/mol. The summed E-state index contributed by atoms with van der Waals surface area (Å²) in [6, 6.07) is 7.53. The average Bonchev–Trinajstić information content (AvgIpc) is 2.86. The Morgan fingerprint density at radius 2 is 2.00 bits per heavy atom. The number of carbonyl (C=O) groups excluding carboxylic acids is 1. The van der Waals surface area contributed by atoms with Crippen LogP contribution in [0.15, 0.2) is 24.3 Å². The second-order valence-corrected chi connectivity index (χ2v) is 4.94. The van der Waals surface area contributed by atoms with Gasteiger partial charge in [0.1, 0.15) is 0 Å². The van der Waals surface area contributed by atoms with E-state index in [0.29, 0.717) is 18.0 Å². The van der Waals surface area contributed by atoms with Gasteiger partial charge in [0, 0.05) is 5.56 Å². The van der Waals surface area contributed by atoms with Crippen LogP contribution in [0.2, 0.25) is 0 Å². The van der Waals surface area contributed by atoms with Gasteiger partial charge in [-0.05, 0) is 35.2 Å². The summed E-state index contributed by atoms with van der Waals surface area (Å²) in [5, 5.41) is 14.4. The number of aryl methyl sites for hydroxylation is 1. The van der Waals surface area contributed by atoms with Crippen LogP contribution in [0.1, 0.15) is 49.0 Å². The van der Waals surface area contributed by atoms with Crippen molar-refractivity contribution in [1.29, 1.82) is 0 Å². The minimum atomic E-state index is -0.226. The second-order valence-electron chi connectivity index (χ2n) is 4.94. The van der Waals surface area contributed by atoms with E-state index in [4.69, 9.17) is 0 Å². The third kappa shape index (κ3) is 3.40. The van der Waals surface area contributed by atoms with Crippen LogP contribution in [-0.2, 0) is 6.54 Å². The molecule has 0 unspecified atom stereocenters. The number of tetrazole rings is 1. The molecular weight excluding hydrogens is 254 g/mol.